The number of aromatic nitrogens is 2. The number of carboxylic acid groups (broad SMARTS) is 1. The van der Waals surface area contributed by atoms with Crippen LogP contribution in [0, 0.1) is 5.92 Å². The third-order valence-electron chi connectivity index (χ3n) is 9.23. The number of fused-ring (bicyclic) bond motifs is 3. The van der Waals surface area contributed by atoms with Gasteiger partial charge >= 0.3 is 12.3 Å². The SMILES string of the molecule is C[C@@H]1CC2CC(OCc3c(-c4ccccc4OC(F)(F)F)noc3C3CC3)CC1N2c1ccc2cc(C(=O)O)n(C)c2c1. The summed E-state index contributed by atoms with van der Waals surface area (Å²) in [6, 6.07) is 14.3. The van der Waals surface area contributed by atoms with Gasteiger partial charge < -0.3 is 28.6 Å². The number of rotatable bonds is 8. The van der Waals surface area contributed by atoms with Crippen molar-refractivity contribution < 1.29 is 37.1 Å². The summed E-state index contributed by atoms with van der Waals surface area (Å²) < 4.78 is 57.7. The van der Waals surface area contributed by atoms with E-state index in [1.165, 1.54) is 12.1 Å². The molecule has 2 aromatic heterocycles. The Morgan fingerprint density at radius 3 is 2.63 bits per heavy atom. The fourth-order valence-corrected chi connectivity index (χ4v) is 7.11. The zero-order valence-electron chi connectivity index (χ0n) is 23.8. The molecule has 0 radical (unpaired) electrons. The molecule has 226 valence electrons. The minimum absolute atomic E-state index is 0.0370. The predicted molar refractivity (Wildman–Crippen MR) is 152 cm³/mol. The van der Waals surface area contributed by atoms with E-state index in [-0.39, 0.29) is 47.7 Å². The van der Waals surface area contributed by atoms with Gasteiger partial charge in [-0.15, -0.1) is 13.2 Å². The highest BCUT2D eigenvalue weighted by Crippen LogP contribution is 2.47. The van der Waals surface area contributed by atoms with Crippen LogP contribution in [-0.4, -0.2) is 45.3 Å². The number of hydrogen-bond acceptors (Lipinski definition) is 6. The van der Waals surface area contributed by atoms with Gasteiger partial charge in [0.2, 0.25) is 0 Å². The molecule has 2 aromatic carbocycles. The first-order chi connectivity index (χ1) is 20.6. The first kappa shape index (κ1) is 27.8. The Morgan fingerprint density at radius 2 is 1.91 bits per heavy atom. The summed E-state index contributed by atoms with van der Waals surface area (Å²) >= 11 is 0. The molecule has 4 aromatic rings. The molecule has 1 aliphatic carbocycles. The van der Waals surface area contributed by atoms with Crippen molar-refractivity contribution in [1.82, 2.24) is 9.72 Å². The van der Waals surface area contributed by atoms with Gasteiger partial charge in [-0.05, 0) is 68.4 Å². The van der Waals surface area contributed by atoms with E-state index < -0.39 is 12.3 Å². The van der Waals surface area contributed by atoms with Crippen molar-refractivity contribution in [2.45, 2.75) is 76.1 Å². The van der Waals surface area contributed by atoms with E-state index in [0.29, 0.717) is 22.9 Å². The van der Waals surface area contributed by atoms with Crippen molar-refractivity contribution in [3.63, 3.8) is 0 Å². The highest BCUT2D eigenvalue weighted by atomic mass is 19.4. The third kappa shape index (κ3) is 5.13. The summed E-state index contributed by atoms with van der Waals surface area (Å²) in [5, 5.41) is 14.6. The number of alkyl halides is 3. The zero-order valence-corrected chi connectivity index (χ0v) is 23.8. The molecule has 2 saturated heterocycles. The summed E-state index contributed by atoms with van der Waals surface area (Å²) in [5.41, 5.74) is 3.44. The number of para-hydroxylation sites is 1. The highest BCUT2D eigenvalue weighted by molar-refractivity contribution is 5.95. The van der Waals surface area contributed by atoms with E-state index >= 15 is 0 Å². The molecule has 43 heavy (non-hydrogen) atoms. The Balaban J connectivity index is 1.12. The predicted octanol–water partition coefficient (Wildman–Crippen LogP) is 7.27. The van der Waals surface area contributed by atoms with Crippen LogP contribution in [0.15, 0.2) is 53.1 Å². The molecular formula is C32H32F3N3O5. The molecule has 0 spiro atoms. The lowest BCUT2D eigenvalue weighted by Gasteiger charge is -2.41. The zero-order chi connectivity index (χ0) is 30.0. The minimum Gasteiger partial charge on any atom is -0.477 e. The molecule has 11 heteroatoms. The second-order valence-corrected chi connectivity index (χ2v) is 12.1. The van der Waals surface area contributed by atoms with Crippen LogP contribution in [0.3, 0.4) is 0 Å². The number of aryl methyl sites for hydroxylation is 1. The maximum Gasteiger partial charge on any atom is 0.573 e. The number of anilines is 1. The van der Waals surface area contributed by atoms with Crippen molar-refractivity contribution in [1.29, 1.82) is 0 Å². The van der Waals surface area contributed by atoms with Crippen LogP contribution in [0.25, 0.3) is 22.2 Å². The average molecular weight is 596 g/mol. The Morgan fingerprint density at radius 1 is 1.12 bits per heavy atom. The van der Waals surface area contributed by atoms with E-state index in [1.807, 2.05) is 6.07 Å². The van der Waals surface area contributed by atoms with Gasteiger partial charge in [-0.3, -0.25) is 0 Å². The molecule has 4 atom stereocenters. The fourth-order valence-electron chi connectivity index (χ4n) is 7.11. The van der Waals surface area contributed by atoms with Crippen molar-refractivity contribution in [2.24, 2.45) is 13.0 Å². The molecule has 4 heterocycles. The van der Waals surface area contributed by atoms with Gasteiger partial charge in [0.25, 0.3) is 0 Å². The highest BCUT2D eigenvalue weighted by Gasteiger charge is 2.46. The van der Waals surface area contributed by atoms with Crippen LogP contribution >= 0.6 is 0 Å². The molecule has 8 nitrogen and oxygen atoms in total. The Bertz CT molecular complexity index is 1690. The number of piperidine rings is 1. The summed E-state index contributed by atoms with van der Waals surface area (Å²) in [4.78, 5) is 14.1. The summed E-state index contributed by atoms with van der Waals surface area (Å²) in [6.45, 7) is 2.45. The molecule has 1 saturated carbocycles. The van der Waals surface area contributed by atoms with Crippen LogP contribution < -0.4 is 9.64 Å². The molecule has 1 N–H and O–H groups in total. The average Bonchev–Trinajstić information content (AvgIpc) is 3.58. The van der Waals surface area contributed by atoms with E-state index in [2.05, 4.69) is 33.8 Å². The maximum atomic E-state index is 13.1. The van der Waals surface area contributed by atoms with Crippen LogP contribution in [0.5, 0.6) is 5.75 Å². The molecule has 3 aliphatic rings. The third-order valence-corrected chi connectivity index (χ3v) is 9.23. The topological polar surface area (TPSA) is 90.0 Å². The standard InChI is InChI=1S/C32H32F3N3O5/c1-17-11-21-13-22(15-25(17)38(21)20-10-9-19-12-27(31(39)40)37(2)26(19)14-20)41-16-24-29(36-43-30(24)18-7-8-18)23-5-3-4-6-28(23)42-32(33,34)35/h3-6,9-10,12,14,17-18,21-22,25H,7-8,11,13,15-16H2,1-2H3,(H,39,40)/t17-,21?,22?,25?/m1/s1. The number of benzene rings is 2. The lowest BCUT2D eigenvalue weighted by molar-refractivity contribution is -0.274. The monoisotopic (exact) mass is 595 g/mol. The smallest absolute Gasteiger partial charge is 0.477 e. The number of carbonyl (C=O) groups is 1. The van der Waals surface area contributed by atoms with E-state index in [1.54, 1.807) is 29.8 Å². The first-order valence-corrected chi connectivity index (χ1v) is 14.6. The normalized spacial score (nSPS) is 23.7. The van der Waals surface area contributed by atoms with Gasteiger partial charge in [0.15, 0.2) is 0 Å². The number of ether oxygens (including phenoxy) is 2. The van der Waals surface area contributed by atoms with E-state index in [4.69, 9.17) is 9.26 Å². The molecule has 7 rings (SSSR count). The van der Waals surface area contributed by atoms with E-state index in [0.717, 1.165) is 48.7 Å². The van der Waals surface area contributed by atoms with Gasteiger partial charge in [-0.1, -0.05) is 30.3 Å². The maximum absolute atomic E-state index is 13.1. The summed E-state index contributed by atoms with van der Waals surface area (Å²) in [7, 11) is 1.77. The Labute approximate surface area is 246 Å². The van der Waals surface area contributed by atoms with Crippen molar-refractivity contribution in [3.05, 3.63) is 65.5 Å². The van der Waals surface area contributed by atoms with E-state index in [9.17, 15) is 23.1 Å². The molecule has 2 aliphatic heterocycles. The lowest BCUT2D eigenvalue weighted by Crippen LogP contribution is -2.46. The number of aromatic carboxylic acids is 1. The number of carboxylic acids is 1. The summed E-state index contributed by atoms with van der Waals surface area (Å²) in [5.74, 6) is 0.0450. The summed E-state index contributed by atoms with van der Waals surface area (Å²) in [6.07, 6.45) is -0.350. The van der Waals surface area contributed by atoms with Gasteiger partial charge in [0.1, 0.15) is 22.9 Å². The number of nitrogens with zero attached hydrogens (tertiary/aromatic N) is 3. The van der Waals surface area contributed by atoms with Gasteiger partial charge in [0, 0.05) is 47.2 Å². The first-order valence-electron chi connectivity index (χ1n) is 14.6. The minimum atomic E-state index is -4.83. The van der Waals surface area contributed by atoms with Crippen molar-refractivity contribution in [3.8, 4) is 17.0 Å². The number of halogens is 3. The Hall–Kier alpha value is -3.99. The number of hydrogen-bond donors (Lipinski definition) is 1. The Kier molecular flexibility index (Phi) is 6.68. The second-order valence-electron chi connectivity index (χ2n) is 12.1. The molecule has 0 amide bonds. The van der Waals surface area contributed by atoms with Gasteiger partial charge in [0.05, 0.1) is 18.2 Å². The van der Waals surface area contributed by atoms with Gasteiger partial charge in [-0.2, -0.15) is 0 Å². The molecular weight excluding hydrogens is 563 g/mol. The second kappa shape index (κ2) is 10.3. The van der Waals surface area contributed by atoms with Crippen LogP contribution in [-0.2, 0) is 18.4 Å². The molecule has 3 fully saturated rings. The molecule has 3 unspecified atom stereocenters. The molecule has 2 bridgehead atoms. The van der Waals surface area contributed by atoms with Gasteiger partial charge in [-0.25, -0.2) is 4.79 Å². The fraction of sp³-hybridized carbons (Fsp3) is 0.438. The van der Waals surface area contributed by atoms with Crippen molar-refractivity contribution in [2.75, 3.05) is 4.90 Å². The van der Waals surface area contributed by atoms with Crippen LogP contribution in [0.2, 0.25) is 0 Å². The largest absolute Gasteiger partial charge is 0.573 e. The van der Waals surface area contributed by atoms with Crippen LogP contribution in [0.4, 0.5) is 18.9 Å². The quantitative estimate of drug-likeness (QED) is 0.229. The van der Waals surface area contributed by atoms with Crippen LogP contribution in [0.1, 0.15) is 66.8 Å². The van der Waals surface area contributed by atoms with Crippen molar-refractivity contribution >= 4 is 22.6 Å². The lowest BCUT2D eigenvalue weighted by atomic mass is 9.96.